The monoisotopic (exact) mass is 227 g/mol. The number of benzene rings is 1. The van der Waals surface area contributed by atoms with E-state index in [0.29, 0.717) is 5.92 Å². The smallest absolute Gasteiger partial charge is 0.221 e. The van der Waals surface area contributed by atoms with Crippen molar-refractivity contribution < 1.29 is 4.79 Å². The fourth-order valence-corrected chi connectivity index (χ4v) is 2.06. The third-order valence-electron chi connectivity index (χ3n) is 2.89. The van der Waals surface area contributed by atoms with Crippen LogP contribution in [0.3, 0.4) is 0 Å². The van der Waals surface area contributed by atoms with Gasteiger partial charge >= 0.3 is 0 Å². The molecule has 0 saturated carbocycles. The molecule has 1 atom stereocenters. The molecule has 2 heteroatoms. The molecule has 2 nitrogen and oxygen atoms in total. The van der Waals surface area contributed by atoms with Gasteiger partial charge in [-0.1, -0.05) is 42.0 Å². The quantitative estimate of drug-likeness (QED) is 0.826. The normalized spacial score (nSPS) is 18.7. The minimum atomic E-state index is -0.0186. The Labute approximate surface area is 102 Å². The molecule has 0 fully saturated rings. The Morgan fingerprint density at radius 2 is 2.24 bits per heavy atom. The van der Waals surface area contributed by atoms with Crippen LogP contribution in [0.2, 0.25) is 0 Å². The molecular weight excluding hydrogens is 210 g/mol. The van der Waals surface area contributed by atoms with E-state index < -0.39 is 0 Å². The van der Waals surface area contributed by atoms with Gasteiger partial charge in [-0.05, 0) is 25.0 Å². The summed E-state index contributed by atoms with van der Waals surface area (Å²) >= 11 is 0. The molecule has 1 aromatic carbocycles. The van der Waals surface area contributed by atoms with Gasteiger partial charge < -0.3 is 5.32 Å². The molecule has 1 aliphatic carbocycles. The van der Waals surface area contributed by atoms with Crippen LogP contribution in [0.5, 0.6) is 0 Å². The molecule has 0 radical (unpaired) electrons. The van der Waals surface area contributed by atoms with Crippen LogP contribution in [0.25, 0.3) is 0 Å². The van der Waals surface area contributed by atoms with Crippen molar-refractivity contribution in [3.05, 3.63) is 59.3 Å². The summed E-state index contributed by atoms with van der Waals surface area (Å²) in [7, 11) is 0. The molecule has 1 aromatic rings. The van der Waals surface area contributed by atoms with Crippen LogP contribution in [-0.4, -0.2) is 5.91 Å². The van der Waals surface area contributed by atoms with Crippen molar-refractivity contribution >= 4 is 5.91 Å². The standard InChI is InChI=1S/C15H17NO/c1-11-4-3-5-14(10-11)13-6-8-15(9-7-13)16-12(2)17/h3-6,8-10,13H,7H2,1-2H3,(H,16,17). The van der Waals surface area contributed by atoms with Crippen LogP contribution in [0.1, 0.15) is 30.4 Å². The highest BCUT2D eigenvalue weighted by Gasteiger charge is 2.11. The summed E-state index contributed by atoms with van der Waals surface area (Å²) < 4.78 is 0. The van der Waals surface area contributed by atoms with Gasteiger partial charge in [0.25, 0.3) is 0 Å². The Kier molecular flexibility index (Phi) is 3.43. The summed E-state index contributed by atoms with van der Waals surface area (Å²) in [5.74, 6) is 0.405. The predicted octanol–water partition coefficient (Wildman–Crippen LogP) is 3.06. The highest BCUT2D eigenvalue weighted by Crippen LogP contribution is 2.26. The first kappa shape index (κ1) is 11.6. The average molecular weight is 227 g/mol. The van der Waals surface area contributed by atoms with E-state index in [1.807, 2.05) is 6.08 Å². The largest absolute Gasteiger partial charge is 0.327 e. The van der Waals surface area contributed by atoms with Crippen molar-refractivity contribution in [2.75, 3.05) is 0 Å². The molecule has 0 heterocycles. The van der Waals surface area contributed by atoms with Crippen molar-refractivity contribution in [2.24, 2.45) is 0 Å². The highest BCUT2D eigenvalue weighted by molar-refractivity contribution is 5.75. The van der Waals surface area contributed by atoms with Gasteiger partial charge in [-0.15, -0.1) is 0 Å². The fourth-order valence-electron chi connectivity index (χ4n) is 2.06. The summed E-state index contributed by atoms with van der Waals surface area (Å²) in [6.45, 7) is 3.63. The molecule has 0 saturated heterocycles. The van der Waals surface area contributed by atoms with E-state index in [1.54, 1.807) is 0 Å². The van der Waals surface area contributed by atoms with E-state index in [9.17, 15) is 4.79 Å². The Morgan fingerprint density at radius 1 is 1.41 bits per heavy atom. The fraction of sp³-hybridized carbons (Fsp3) is 0.267. The van der Waals surface area contributed by atoms with Crippen molar-refractivity contribution in [3.8, 4) is 0 Å². The van der Waals surface area contributed by atoms with Gasteiger partial charge in [-0.3, -0.25) is 4.79 Å². The van der Waals surface area contributed by atoms with Crippen LogP contribution in [0, 0.1) is 6.92 Å². The van der Waals surface area contributed by atoms with E-state index in [1.165, 1.54) is 18.1 Å². The lowest BCUT2D eigenvalue weighted by atomic mass is 9.91. The average Bonchev–Trinajstić information content (AvgIpc) is 2.29. The maximum Gasteiger partial charge on any atom is 0.221 e. The maximum atomic E-state index is 10.9. The molecule has 2 rings (SSSR count). The zero-order valence-electron chi connectivity index (χ0n) is 10.2. The summed E-state index contributed by atoms with van der Waals surface area (Å²) in [6.07, 6.45) is 7.15. The second-order valence-corrected chi connectivity index (χ2v) is 4.46. The summed E-state index contributed by atoms with van der Waals surface area (Å²) in [6, 6.07) is 8.56. The molecular formula is C15H17NO. The van der Waals surface area contributed by atoms with Crippen LogP contribution < -0.4 is 5.32 Å². The zero-order valence-corrected chi connectivity index (χ0v) is 10.2. The zero-order chi connectivity index (χ0) is 12.3. The lowest BCUT2D eigenvalue weighted by Gasteiger charge is -2.17. The van der Waals surface area contributed by atoms with Gasteiger partial charge in [-0.25, -0.2) is 0 Å². The number of rotatable bonds is 2. The number of amides is 1. The Hall–Kier alpha value is -1.83. The van der Waals surface area contributed by atoms with Gasteiger partial charge in [0.05, 0.1) is 0 Å². The van der Waals surface area contributed by atoms with Crippen molar-refractivity contribution in [1.29, 1.82) is 0 Å². The van der Waals surface area contributed by atoms with Gasteiger partial charge in [0, 0.05) is 18.5 Å². The topological polar surface area (TPSA) is 29.1 Å². The molecule has 17 heavy (non-hydrogen) atoms. The van der Waals surface area contributed by atoms with E-state index in [4.69, 9.17) is 0 Å². The molecule has 1 aliphatic rings. The first-order chi connectivity index (χ1) is 8.15. The molecule has 0 bridgehead atoms. The first-order valence-electron chi connectivity index (χ1n) is 5.87. The molecule has 88 valence electrons. The molecule has 1 amide bonds. The van der Waals surface area contributed by atoms with Crippen molar-refractivity contribution in [3.63, 3.8) is 0 Å². The van der Waals surface area contributed by atoms with E-state index >= 15 is 0 Å². The van der Waals surface area contributed by atoms with Gasteiger partial charge in [0.1, 0.15) is 0 Å². The number of aryl methyl sites for hydroxylation is 1. The summed E-state index contributed by atoms with van der Waals surface area (Å²) in [4.78, 5) is 10.9. The molecule has 0 aromatic heterocycles. The third-order valence-corrected chi connectivity index (χ3v) is 2.89. The number of carbonyl (C=O) groups excluding carboxylic acids is 1. The van der Waals surface area contributed by atoms with Crippen LogP contribution in [-0.2, 0) is 4.79 Å². The minimum Gasteiger partial charge on any atom is -0.327 e. The number of hydrogen-bond donors (Lipinski definition) is 1. The van der Waals surface area contributed by atoms with E-state index in [-0.39, 0.29) is 5.91 Å². The van der Waals surface area contributed by atoms with Crippen molar-refractivity contribution in [2.45, 2.75) is 26.2 Å². The molecule has 1 N–H and O–H groups in total. The van der Waals surface area contributed by atoms with Crippen molar-refractivity contribution in [1.82, 2.24) is 5.32 Å². The predicted molar refractivity (Wildman–Crippen MR) is 69.6 cm³/mol. The third kappa shape index (κ3) is 3.06. The highest BCUT2D eigenvalue weighted by atomic mass is 16.1. The molecule has 0 aliphatic heterocycles. The van der Waals surface area contributed by atoms with Gasteiger partial charge in [0.2, 0.25) is 5.91 Å². The van der Waals surface area contributed by atoms with Gasteiger partial charge in [-0.2, -0.15) is 0 Å². The van der Waals surface area contributed by atoms with Gasteiger partial charge in [0.15, 0.2) is 0 Å². The summed E-state index contributed by atoms with van der Waals surface area (Å²) in [5, 5.41) is 2.80. The lowest BCUT2D eigenvalue weighted by Crippen LogP contribution is -2.19. The second kappa shape index (κ2) is 5.00. The molecule has 0 spiro atoms. The Bertz CT molecular complexity index is 485. The second-order valence-electron chi connectivity index (χ2n) is 4.46. The number of carbonyl (C=O) groups is 1. The number of hydrogen-bond acceptors (Lipinski definition) is 1. The van der Waals surface area contributed by atoms with Crippen LogP contribution >= 0.6 is 0 Å². The molecule has 1 unspecified atom stereocenters. The van der Waals surface area contributed by atoms with E-state index in [0.717, 1.165) is 12.1 Å². The number of allylic oxidation sites excluding steroid dienone is 3. The lowest BCUT2D eigenvalue weighted by molar-refractivity contribution is -0.118. The summed E-state index contributed by atoms with van der Waals surface area (Å²) in [5.41, 5.74) is 3.52. The van der Waals surface area contributed by atoms with Crippen LogP contribution in [0.15, 0.2) is 48.2 Å². The maximum absolute atomic E-state index is 10.9. The van der Waals surface area contributed by atoms with Crippen LogP contribution in [0.4, 0.5) is 0 Å². The first-order valence-corrected chi connectivity index (χ1v) is 5.87. The SMILES string of the molecule is CC(=O)NC1=CCC(c2cccc(C)c2)C=C1. The van der Waals surface area contributed by atoms with E-state index in [2.05, 4.69) is 48.7 Å². The Morgan fingerprint density at radius 3 is 2.82 bits per heavy atom. The minimum absolute atomic E-state index is 0.0186. The number of nitrogens with one attached hydrogen (secondary N) is 1. The Balaban J connectivity index is 2.07.